The molecule has 0 bridgehead atoms. The molecule has 0 spiro atoms. The lowest BCUT2D eigenvalue weighted by molar-refractivity contribution is 0.881. The third-order valence-electron chi connectivity index (χ3n) is 14.4. The van der Waals surface area contributed by atoms with Gasteiger partial charge in [-0.3, -0.25) is 0 Å². The molecule has 4 heteroatoms. The van der Waals surface area contributed by atoms with Gasteiger partial charge in [0.1, 0.15) is 0 Å². The molecular weight excluding hydrogens is 849 g/mol. The maximum absolute atomic E-state index is 6.24. The third kappa shape index (κ3) is 8.34. The van der Waals surface area contributed by atoms with Crippen LogP contribution in [0.15, 0.2) is 207 Å². The van der Waals surface area contributed by atoms with Crippen LogP contribution in [-0.2, 0) is 25.7 Å². The van der Waals surface area contributed by atoms with Gasteiger partial charge in [-0.1, -0.05) is 148 Å². The summed E-state index contributed by atoms with van der Waals surface area (Å²) >= 11 is 0. The normalized spacial score (nSPS) is 14.0. The Morgan fingerprint density at radius 2 is 1.26 bits per heavy atom. The molecule has 0 radical (unpaired) electrons. The van der Waals surface area contributed by atoms with Gasteiger partial charge in [0, 0.05) is 40.5 Å². The summed E-state index contributed by atoms with van der Waals surface area (Å²) in [4.78, 5) is 2.29. The van der Waals surface area contributed by atoms with Crippen molar-refractivity contribution in [1.29, 1.82) is 0 Å². The van der Waals surface area contributed by atoms with Crippen LogP contribution in [0.2, 0.25) is 0 Å². The first-order valence-electron chi connectivity index (χ1n) is 24.9. The number of hydrogen-bond donors (Lipinski definition) is 2. The molecule has 10 rings (SSSR count). The fourth-order valence-electron chi connectivity index (χ4n) is 11.1. The van der Waals surface area contributed by atoms with Gasteiger partial charge in [0.05, 0.1) is 11.0 Å². The highest BCUT2D eigenvalue weighted by molar-refractivity contribution is 6.15. The summed E-state index contributed by atoms with van der Waals surface area (Å²) in [7, 11) is 2.16. The van der Waals surface area contributed by atoms with Crippen molar-refractivity contribution >= 4 is 44.3 Å². The summed E-state index contributed by atoms with van der Waals surface area (Å²) in [5, 5.41) is 2.56. The van der Waals surface area contributed by atoms with Crippen molar-refractivity contribution in [2.24, 2.45) is 11.5 Å². The average Bonchev–Trinajstić information content (AvgIpc) is 3.73. The Morgan fingerprint density at radius 3 is 1.94 bits per heavy atom. The van der Waals surface area contributed by atoms with Crippen molar-refractivity contribution in [3.05, 3.63) is 240 Å². The van der Waals surface area contributed by atoms with Crippen LogP contribution in [0, 0.1) is 0 Å². The maximum atomic E-state index is 6.24. The molecule has 1 aromatic heterocycles. The first-order valence-corrected chi connectivity index (χ1v) is 24.9. The summed E-state index contributed by atoms with van der Waals surface area (Å²) in [6, 6.07) is 51.6. The van der Waals surface area contributed by atoms with E-state index in [4.69, 9.17) is 11.5 Å². The molecule has 0 aliphatic heterocycles. The molecule has 2 aliphatic carbocycles. The van der Waals surface area contributed by atoms with Gasteiger partial charge in [-0.15, -0.1) is 0 Å². The molecule has 4 nitrogen and oxygen atoms in total. The van der Waals surface area contributed by atoms with E-state index in [9.17, 15) is 0 Å². The number of fused-ring (bicyclic) bond motifs is 4. The van der Waals surface area contributed by atoms with E-state index in [-0.39, 0.29) is 0 Å². The molecule has 8 aromatic rings. The Labute approximate surface area is 414 Å². The van der Waals surface area contributed by atoms with E-state index in [0.29, 0.717) is 0 Å². The first-order chi connectivity index (χ1) is 34.4. The molecule has 4 N–H and O–H groups in total. The van der Waals surface area contributed by atoms with Crippen molar-refractivity contribution in [2.75, 3.05) is 11.9 Å². The second-order valence-corrected chi connectivity index (χ2v) is 18.5. The fourth-order valence-corrected chi connectivity index (χ4v) is 11.1. The van der Waals surface area contributed by atoms with Crippen LogP contribution >= 0.6 is 0 Å². The Bertz CT molecular complexity index is 3480. The van der Waals surface area contributed by atoms with Crippen LogP contribution in [0.5, 0.6) is 0 Å². The molecule has 1 heterocycles. The lowest BCUT2D eigenvalue weighted by Crippen LogP contribution is -2.17. The van der Waals surface area contributed by atoms with Crippen LogP contribution in [0.25, 0.3) is 83.2 Å². The largest absolute Gasteiger partial charge is 0.405 e. The fraction of sp³-hybridized carbons (Fsp3) is 0.152. The highest BCUT2D eigenvalue weighted by Crippen LogP contribution is 2.50. The second-order valence-electron chi connectivity index (χ2n) is 18.5. The molecule has 0 saturated carbocycles. The van der Waals surface area contributed by atoms with Gasteiger partial charge < -0.3 is 20.9 Å². The summed E-state index contributed by atoms with van der Waals surface area (Å²) in [5.41, 5.74) is 38.5. The number of nitrogens with zero attached hydrogens (tertiary/aromatic N) is 2. The first kappa shape index (κ1) is 45.7. The lowest BCUT2D eigenvalue weighted by Gasteiger charge is -2.32. The highest BCUT2D eigenvalue weighted by Gasteiger charge is 2.31. The predicted octanol–water partition coefficient (Wildman–Crippen LogP) is 16.3. The Balaban J connectivity index is 1.15. The molecular formula is C66H62N4. The smallest absolute Gasteiger partial charge is 0.0579 e. The van der Waals surface area contributed by atoms with E-state index in [1.807, 2.05) is 12.2 Å². The number of hydrogen-bond acceptors (Lipinski definition) is 3. The van der Waals surface area contributed by atoms with Crippen LogP contribution in [-0.4, -0.2) is 11.6 Å². The van der Waals surface area contributed by atoms with Gasteiger partial charge in [-0.25, -0.2) is 0 Å². The predicted molar refractivity (Wildman–Crippen MR) is 302 cm³/mol. The summed E-state index contributed by atoms with van der Waals surface area (Å²) in [6.07, 6.45) is 24.0. The van der Waals surface area contributed by atoms with Crippen LogP contribution in [0.3, 0.4) is 0 Å². The van der Waals surface area contributed by atoms with Crippen molar-refractivity contribution in [2.45, 2.75) is 59.3 Å². The number of allylic oxidation sites excluding steroid dienone is 10. The van der Waals surface area contributed by atoms with Crippen LogP contribution < -0.4 is 16.4 Å². The number of aryl methyl sites for hydroxylation is 4. The zero-order valence-corrected chi connectivity index (χ0v) is 41.0. The summed E-state index contributed by atoms with van der Waals surface area (Å²) in [5.74, 6) is 0. The van der Waals surface area contributed by atoms with E-state index >= 15 is 0 Å². The molecule has 70 heavy (non-hydrogen) atoms. The molecule has 346 valence electrons. The molecule has 2 aliphatic rings. The third-order valence-corrected chi connectivity index (χ3v) is 14.4. The molecule has 0 amide bonds. The van der Waals surface area contributed by atoms with E-state index in [1.165, 1.54) is 94.1 Å². The van der Waals surface area contributed by atoms with Gasteiger partial charge in [0.15, 0.2) is 0 Å². The van der Waals surface area contributed by atoms with E-state index < -0.39 is 0 Å². The number of anilines is 1. The average molecular weight is 911 g/mol. The van der Waals surface area contributed by atoms with E-state index in [2.05, 4.69) is 214 Å². The van der Waals surface area contributed by atoms with Crippen molar-refractivity contribution in [3.8, 4) is 44.5 Å². The summed E-state index contributed by atoms with van der Waals surface area (Å²) < 4.78 is 2.49. The molecule has 0 fully saturated rings. The van der Waals surface area contributed by atoms with Gasteiger partial charge in [0.2, 0.25) is 0 Å². The number of likely N-dealkylation sites (N-methyl/N-ethyl adjacent to an activating group) is 1. The molecule has 7 aromatic carbocycles. The van der Waals surface area contributed by atoms with Crippen LogP contribution in [0.4, 0.5) is 5.69 Å². The quantitative estimate of drug-likeness (QED) is 0.107. The second kappa shape index (κ2) is 19.9. The number of benzene rings is 7. The number of rotatable bonds is 14. The van der Waals surface area contributed by atoms with Crippen molar-refractivity contribution in [1.82, 2.24) is 4.57 Å². The SMILES string of the molecule is C=C/C(=C\C(=C/C)c1ccc2c(c1)c1cc3c4c(c1n2C(/C=C\N)=C/CC)CCc1cc(-c2cc(-c5cccc(-c6ccccc6)c5)ccc2N(C)C(/C=C\N)=C/CC)cc(c1-4)CC3)c1ccccc1. The van der Waals surface area contributed by atoms with Crippen LogP contribution in [0.1, 0.15) is 67.0 Å². The van der Waals surface area contributed by atoms with Gasteiger partial charge in [-0.2, -0.15) is 0 Å². The maximum Gasteiger partial charge on any atom is 0.0579 e. The monoisotopic (exact) mass is 910 g/mol. The molecule has 0 saturated heterocycles. The zero-order valence-electron chi connectivity index (χ0n) is 41.0. The lowest BCUT2D eigenvalue weighted by atomic mass is 9.73. The standard InChI is InChI=1S/C66H62N4/c1-6-17-56(33-35-67)69(5)62-31-28-51(49-24-16-23-48(38-49)47-21-14-11-15-22-47)41-59(62)55-39-52-25-26-54-43-61-60-42-50(45(9-4)37-44(8-3)46-19-12-10-13-20-46)29-32-63(60)70(57(18-7-2)34-36-68)66(61)58-30-27-53(40-55)64(52)65(54)58/h8-24,28-29,31-43H,3,6-7,25-27,30,67-68H2,1-2,4-5H3/b35-33-,36-34-,44-37+,45-9+,56-17+,57-18+. The van der Waals surface area contributed by atoms with Crippen molar-refractivity contribution < 1.29 is 0 Å². The molecule has 0 unspecified atom stereocenters. The van der Waals surface area contributed by atoms with Gasteiger partial charge in [-0.05, 0) is 196 Å². The minimum atomic E-state index is 0.890. The minimum Gasteiger partial charge on any atom is -0.405 e. The Hall–Kier alpha value is -8.08. The Kier molecular flexibility index (Phi) is 13.0. The van der Waals surface area contributed by atoms with Crippen molar-refractivity contribution in [3.63, 3.8) is 0 Å². The van der Waals surface area contributed by atoms with E-state index in [0.717, 1.165) is 72.3 Å². The zero-order chi connectivity index (χ0) is 48.3. The van der Waals surface area contributed by atoms with Gasteiger partial charge in [0.25, 0.3) is 0 Å². The molecule has 0 atom stereocenters. The van der Waals surface area contributed by atoms with E-state index in [1.54, 1.807) is 12.4 Å². The number of nitrogens with two attached hydrogens (primary N) is 2. The summed E-state index contributed by atoms with van der Waals surface area (Å²) in [6.45, 7) is 10.7. The minimum absolute atomic E-state index is 0.890. The number of aromatic nitrogens is 1. The van der Waals surface area contributed by atoms with Gasteiger partial charge >= 0.3 is 0 Å². The highest BCUT2D eigenvalue weighted by atomic mass is 15.1. The topological polar surface area (TPSA) is 60.2 Å². The Morgan fingerprint density at radius 1 is 0.600 bits per heavy atom.